The molecule has 140 valence electrons. The average molecular weight is 415 g/mol. The number of carbonyl (C=O) groups is 1. The van der Waals surface area contributed by atoms with Gasteiger partial charge in [0.2, 0.25) is 0 Å². The minimum Gasteiger partial charge on any atom is -0.482 e. The van der Waals surface area contributed by atoms with Crippen molar-refractivity contribution in [2.45, 2.75) is 6.04 Å². The molecule has 26 heavy (non-hydrogen) atoms. The Bertz CT molecular complexity index is 721. The zero-order valence-corrected chi connectivity index (χ0v) is 16.4. The van der Waals surface area contributed by atoms with Gasteiger partial charge in [-0.2, -0.15) is 11.8 Å². The van der Waals surface area contributed by atoms with Gasteiger partial charge in [-0.25, -0.2) is 0 Å². The number of furan rings is 1. The number of ether oxygens (including phenoxy) is 1. The number of halogens is 2. The summed E-state index contributed by atoms with van der Waals surface area (Å²) in [7, 11) is 0. The van der Waals surface area contributed by atoms with Gasteiger partial charge in [-0.3, -0.25) is 9.69 Å². The second kappa shape index (κ2) is 9.55. The van der Waals surface area contributed by atoms with Gasteiger partial charge in [0.15, 0.2) is 6.61 Å². The van der Waals surface area contributed by atoms with Gasteiger partial charge in [-0.05, 0) is 30.3 Å². The fourth-order valence-electron chi connectivity index (χ4n) is 2.78. The van der Waals surface area contributed by atoms with Crippen molar-refractivity contribution in [3.63, 3.8) is 0 Å². The standard InChI is InChI=1S/C18H20Cl2N2O3S/c19-13-3-4-16(14(20)10-13)25-12-18(23)21-11-15(17-2-1-7-24-17)22-5-8-26-9-6-22/h1-4,7,10,15H,5-6,8-9,11-12H2,(H,21,23). The summed E-state index contributed by atoms with van der Waals surface area (Å²) in [6.45, 7) is 2.31. The minimum absolute atomic E-state index is 0.0222. The number of nitrogens with one attached hydrogen (secondary N) is 1. The van der Waals surface area contributed by atoms with Crippen molar-refractivity contribution < 1.29 is 13.9 Å². The molecule has 1 unspecified atom stereocenters. The highest BCUT2D eigenvalue weighted by molar-refractivity contribution is 7.99. The summed E-state index contributed by atoms with van der Waals surface area (Å²) < 4.78 is 11.1. The van der Waals surface area contributed by atoms with E-state index in [0.717, 1.165) is 30.4 Å². The van der Waals surface area contributed by atoms with Crippen LogP contribution in [-0.2, 0) is 4.79 Å². The first-order chi connectivity index (χ1) is 12.6. The van der Waals surface area contributed by atoms with Crippen LogP contribution in [0, 0.1) is 0 Å². The molecule has 0 saturated carbocycles. The summed E-state index contributed by atoms with van der Waals surface area (Å²) >= 11 is 13.8. The number of carbonyl (C=O) groups excluding carboxylic acids is 1. The molecule has 0 aliphatic carbocycles. The summed E-state index contributed by atoms with van der Waals surface area (Å²) in [5, 5.41) is 3.83. The first kappa shape index (κ1) is 19.4. The van der Waals surface area contributed by atoms with Crippen LogP contribution < -0.4 is 10.1 Å². The molecule has 1 N–H and O–H groups in total. The van der Waals surface area contributed by atoms with Crippen LogP contribution in [-0.4, -0.2) is 48.6 Å². The Morgan fingerprint density at radius 2 is 2.12 bits per heavy atom. The molecule has 1 atom stereocenters. The van der Waals surface area contributed by atoms with Crippen LogP contribution in [0.15, 0.2) is 41.0 Å². The first-order valence-electron chi connectivity index (χ1n) is 8.33. The lowest BCUT2D eigenvalue weighted by molar-refractivity contribution is -0.123. The SMILES string of the molecule is O=C(COc1ccc(Cl)cc1Cl)NCC(c1ccco1)N1CCSCC1. The Hall–Kier alpha value is -1.34. The topological polar surface area (TPSA) is 54.7 Å². The fraction of sp³-hybridized carbons (Fsp3) is 0.389. The zero-order chi connectivity index (χ0) is 18.4. The number of benzene rings is 1. The average Bonchev–Trinajstić information content (AvgIpc) is 3.16. The van der Waals surface area contributed by atoms with Crippen molar-refractivity contribution >= 4 is 40.9 Å². The molecule has 1 aliphatic rings. The van der Waals surface area contributed by atoms with E-state index in [4.69, 9.17) is 32.4 Å². The fourth-order valence-corrected chi connectivity index (χ4v) is 4.17. The molecule has 1 aromatic heterocycles. The summed E-state index contributed by atoms with van der Waals surface area (Å²) in [5.41, 5.74) is 0. The smallest absolute Gasteiger partial charge is 0.258 e. The lowest BCUT2D eigenvalue weighted by Gasteiger charge is -2.33. The van der Waals surface area contributed by atoms with Gasteiger partial charge in [0.1, 0.15) is 11.5 Å². The predicted octanol–water partition coefficient (Wildman–Crippen LogP) is 3.87. The van der Waals surface area contributed by atoms with Gasteiger partial charge in [0.05, 0.1) is 17.3 Å². The van der Waals surface area contributed by atoms with E-state index in [9.17, 15) is 4.79 Å². The summed E-state index contributed by atoms with van der Waals surface area (Å²) in [6, 6.07) is 8.74. The van der Waals surface area contributed by atoms with Gasteiger partial charge in [-0.15, -0.1) is 0 Å². The lowest BCUT2D eigenvalue weighted by Crippen LogP contribution is -2.42. The molecule has 0 radical (unpaired) electrons. The zero-order valence-electron chi connectivity index (χ0n) is 14.1. The van der Waals surface area contributed by atoms with E-state index in [1.54, 1.807) is 24.5 Å². The molecule has 0 spiro atoms. The van der Waals surface area contributed by atoms with Gasteiger partial charge >= 0.3 is 0 Å². The Balaban J connectivity index is 1.53. The highest BCUT2D eigenvalue weighted by Crippen LogP contribution is 2.27. The molecular weight excluding hydrogens is 395 g/mol. The van der Waals surface area contributed by atoms with Crippen LogP contribution in [0.4, 0.5) is 0 Å². The quantitative estimate of drug-likeness (QED) is 0.744. The number of hydrogen-bond donors (Lipinski definition) is 1. The van der Waals surface area contributed by atoms with Crippen molar-refractivity contribution in [3.8, 4) is 5.75 Å². The molecule has 1 saturated heterocycles. The van der Waals surface area contributed by atoms with Gasteiger partial charge in [-0.1, -0.05) is 23.2 Å². The van der Waals surface area contributed by atoms with Gasteiger partial charge in [0.25, 0.3) is 5.91 Å². The van der Waals surface area contributed by atoms with Crippen molar-refractivity contribution in [2.75, 3.05) is 37.7 Å². The van der Waals surface area contributed by atoms with Crippen molar-refractivity contribution in [2.24, 2.45) is 0 Å². The number of thioether (sulfide) groups is 1. The molecule has 5 nitrogen and oxygen atoms in total. The van der Waals surface area contributed by atoms with Crippen LogP contribution in [0.2, 0.25) is 10.0 Å². The maximum Gasteiger partial charge on any atom is 0.258 e. The maximum absolute atomic E-state index is 12.2. The third-order valence-corrected chi connectivity index (χ3v) is 5.58. The molecule has 0 bridgehead atoms. The molecular formula is C18H20Cl2N2O3S. The number of nitrogens with zero attached hydrogens (tertiary/aromatic N) is 1. The molecule has 2 heterocycles. The lowest BCUT2D eigenvalue weighted by atomic mass is 10.2. The van der Waals surface area contributed by atoms with E-state index < -0.39 is 0 Å². The highest BCUT2D eigenvalue weighted by atomic mass is 35.5. The summed E-state index contributed by atoms with van der Waals surface area (Å²) in [4.78, 5) is 14.5. The van der Waals surface area contributed by atoms with Gasteiger partial charge in [0, 0.05) is 36.2 Å². The van der Waals surface area contributed by atoms with Crippen LogP contribution >= 0.6 is 35.0 Å². The van der Waals surface area contributed by atoms with E-state index in [1.807, 2.05) is 23.9 Å². The van der Waals surface area contributed by atoms with E-state index in [1.165, 1.54) is 0 Å². The minimum atomic E-state index is -0.209. The molecule has 1 amide bonds. The predicted molar refractivity (Wildman–Crippen MR) is 105 cm³/mol. The van der Waals surface area contributed by atoms with Crippen molar-refractivity contribution in [1.29, 1.82) is 0 Å². The largest absolute Gasteiger partial charge is 0.482 e. The maximum atomic E-state index is 12.2. The molecule has 1 fully saturated rings. The number of hydrogen-bond acceptors (Lipinski definition) is 5. The second-order valence-corrected chi connectivity index (χ2v) is 7.92. The Morgan fingerprint density at radius 3 is 2.81 bits per heavy atom. The van der Waals surface area contributed by atoms with Crippen LogP contribution in [0.3, 0.4) is 0 Å². The van der Waals surface area contributed by atoms with E-state index in [-0.39, 0.29) is 18.6 Å². The second-order valence-electron chi connectivity index (χ2n) is 5.85. The van der Waals surface area contributed by atoms with E-state index in [0.29, 0.717) is 22.3 Å². The Labute approximate surface area is 167 Å². The normalized spacial score (nSPS) is 16.2. The van der Waals surface area contributed by atoms with Gasteiger partial charge < -0.3 is 14.5 Å². The summed E-state index contributed by atoms with van der Waals surface area (Å²) in [6.07, 6.45) is 1.66. The third-order valence-electron chi connectivity index (χ3n) is 4.10. The monoisotopic (exact) mass is 414 g/mol. The molecule has 3 rings (SSSR count). The van der Waals surface area contributed by atoms with Crippen LogP contribution in [0.5, 0.6) is 5.75 Å². The summed E-state index contributed by atoms with van der Waals surface area (Å²) in [5.74, 6) is 3.26. The molecule has 8 heteroatoms. The highest BCUT2D eigenvalue weighted by Gasteiger charge is 2.25. The first-order valence-corrected chi connectivity index (χ1v) is 10.2. The van der Waals surface area contributed by atoms with Crippen LogP contribution in [0.25, 0.3) is 0 Å². The molecule has 1 aliphatic heterocycles. The third kappa shape index (κ3) is 5.33. The number of rotatable bonds is 7. The van der Waals surface area contributed by atoms with E-state index in [2.05, 4.69) is 10.2 Å². The Morgan fingerprint density at radius 1 is 1.31 bits per heavy atom. The van der Waals surface area contributed by atoms with Crippen LogP contribution in [0.1, 0.15) is 11.8 Å². The van der Waals surface area contributed by atoms with Crippen molar-refractivity contribution in [3.05, 3.63) is 52.4 Å². The molecule has 1 aromatic carbocycles. The number of amides is 1. The van der Waals surface area contributed by atoms with E-state index >= 15 is 0 Å². The van der Waals surface area contributed by atoms with Crippen molar-refractivity contribution in [1.82, 2.24) is 10.2 Å². The Kier molecular flexibility index (Phi) is 7.14. The molecule has 2 aromatic rings.